The Labute approximate surface area is 196 Å². The highest BCUT2D eigenvalue weighted by atomic mass is 16.5. The number of ether oxygens (including phenoxy) is 2. The Hall–Kier alpha value is -4.47. The van der Waals surface area contributed by atoms with Crippen molar-refractivity contribution in [3.63, 3.8) is 0 Å². The standard InChI is InChI=1S/C24H25N7O3/c1-15-21(16(2)31(30-15)13-17-9-5-4-6-10-17)22(32)34-14-20-27-23(25)29-24(28-20)26-18-11-7-8-12-19(18)33-3/h4-12H,13-14H2,1-3H3,(H3,25,26,27,28,29). The predicted octanol–water partition coefficient (Wildman–Crippen LogP) is 3.42. The molecule has 4 rings (SSSR count). The number of benzene rings is 2. The molecule has 2 aromatic heterocycles. The molecule has 0 aliphatic rings. The van der Waals surface area contributed by atoms with Gasteiger partial charge in [-0.2, -0.15) is 20.1 Å². The third-order valence-electron chi connectivity index (χ3n) is 5.15. The number of carbonyl (C=O) groups is 1. The van der Waals surface area contributed by atoms with E-state index in [4.69, 9.17) is 15.2 Å². The maximum absolute atomic E-state index is 12.9. The maximum Gasteiger partial charge on any atom is 0.342 e. The monoisotopic (exact) mass is 459 g/mol. The molecule has 2 aromatic carbocycles. The fraction of sp³-hybridized carbons (Fsp3) is 0.208. The molecule has 0 spiro atoms. The van der Waals surface area contributed by atoms with Crippen LogP contribution in [0.3, 0.4) is 0 Å². The van der Waals surface area contributed by atoms with Crippen LogP contribution >= 0.6 is 0 Å². The Balaban J connectivity index is 1.47. The van der Waals surface area contributed by atoms with E-state index in [1.54, 1.807) is 24.8 Å². The van der Waals surface area contributed by atoms with E-state index in [1.165, 1.54) is 0 Å². The van der Waals surface area contributed by atoms with Gasteiger partial charge in [0.15, 0.2) is 12.4 Å². The van der Waals surface area contributed by atoms with Crippen LogP contribution in [0, 0.1) is 13.8 Å². The van der Waals surface area contributed by atoms with Gasteiger partial charge in [0.1, 0.15) is 11.3 Å². The first-order valence-corrected chi connectivity index (χ1v) is 10.6. The summed E-state index contributed by atoms with van der Waals surface area (Å²) in [5.74, 6) is 0.540. The lowest BCUT2D eigenvalue weighted by Crippen LogP contribution is -2.12. The van der Waals surface area contributed by atoms with Crippen molar-refractivity contribution in [1.82, 2.24) is 24.7 Å². The van der Waals surface area contributed by atoms with Crippen LogP contribution in [0.2, 0.25) is 0 Å². The lowest BCUT2D eigenvalue weighted by atomic mass is 10.2. The minimum absolute atomic E-state index is 0.00138. The number of rotatable bonds is 8. The fourth-order valence-corrected chi connectivity index (χ4v) is 3.53. The van der Waals surface area contributed by atoms with Crippen LogP contribution in [0.5, 0.6) is 5.75 Å². The summed E-state index contributed by atoms with van der Waals surface area (Å²) in [4.78, 5) is 25.3. The molecule has 0 aliphatic carbocycles. The highest BCUT2D eigenvalue weighted by molar-refractivity contribution is 5.91. The van der Waals surface area contributed by atoms with E-state index >= 15 is 0 Å². The second kappa shape index (κ2) is 9.99. The summed E-state index contributed by atoms with van der Waals surface area (Å²) in [6, 6.07) is 17.2. The van der Waals surface area contributed by atoms with Gasteiger partial charge in [-0.1, -0.05) is 42.5 Å². The summed E-state index contributed by atoms with van der Waals surface area (Å²) in [7, 11) is 1.57. The minimum Gasteiger partial charge on any atom is -0.495 e. The zero-order chi connectivity index (χ0) is 24.1. The molecule has 0 bridgehead atoms. The predicted molar refractivity (Wildman–Crippen MR) is 127 cm³/mol. The van der Waals surface area contributed by atoms with E-state index in [9.17, 15) is 4.79 Å². The molecule has 0 unspecified atom stereocenters. The Bertz CT molecular complexity index is 1310. The number of aromatic nitrogens is 5. The van der Waals surface area contributed by atoms with Crippen molar-refractivity contribution in [2.45, 2.75) is 27.0 Å². The van der Waals surface area contributed by atoms with Crippen molar-refractivity contribution >= 4 is 23.6 Å². The van der Waals surface area contributed by atoms with Gasteiger partial charge in [-0.05, 0) is 31.5 Å². The highest BCUT2D eigenvalue weighted by Gasteiger charge is 2.21. The van der Waals surface area contributed by atoms with E-state index in [-0.39, 0.29) is 24.3 Å². The average Bonchev–Trinajstić information content (AvgIpc) is 3.10. The molecule has 0 saturated carbocycles. The zero-order valence-electron chi connectivity index (χ0n) is 19.1. The number of esters is 1. The van der Waals surface area contributed by atoms with Crippen molar-refractivity contribution in [3.8, 4) is 5.75 Å². The molecule has 4 aromatic rings. The number of nitrogens with one attached hydrogen (secondary N) is 1. The number of para-hydroxylation sites is 2. The molecule has 10 nitrogen and oxygen atoms in total. The third kappa shape index (κ3) is 5.12. The number of aryl methyl sites for hydroxylation is 1. The molecule has 0 aliphatic heterocycles. The fourth-order valence-electron chi connectivity index (χ4n) is 3.53. The molecule has 174 valence electrons. The van der Waals surface area contributed by atoms with Crippen molar-refractivity contribution < 1.29 is 14.3 Å². The molecular formula is C24H25N7O3. The quantitative estimate of drug-likeness (QED) is 0.381. The smallest absolute Gasteiger partial charge is 0.342 e. The summed E-state index contributed by atoms with van der Waals surface area (Å²) in [5, 5.41) is 7.55. The van der Waals surface area contributed by atoms with E-state index in [2.05, 4.69) is 25.4 Å². The first kappa shape index (κ1) is 22.7. The second-order valence-corrected chi connectivity index (χ2v) is 7.52. The normalized spacial score (nSPS) is 10.7. The maximum atomic E-state index is 12.9. The second-order valence-electron chi connectivity index (χ2n) is 7.52. The number of hydrogen-bond acceptors (Lipinski definition) is 9. The molecule has 0 atom stereocenters. The van der Waals surface area contributed by atoms with Crippen LogP contribution in [0.1, 0.15) is 33.1 Å². The van der Waals surface area contributed by atoms with Gasteiger partial charge in [0, 0.05) is 0 Å². The van der Waals surface area contributed by atoms with E-state index in [1.807, 2.05) is 55.5 Å². The van der Waals surface area contributed by atoms with Gasteiger partial charge in [0.05, 0.1) is 30.7 Å². The molecule has 2 heterocycles. The highest BCUT2D eigenvalue weighted by Crippen LogP contribution is 2.25. The number of hydrogen-bond donors (Lipinski definition) is 2. The number of nitrogens with zero attached hydrogens (tertiary/aromatic N) is 5. The average molecular weight is 460 g/mol. The van der Waals surface area contributed by atoms with Crippen molar-refractivity contribution in [3.05, 3.63) is 82.9 Å². The van der Waals surface area contributed by atoms with Gasteiger partial charge >= 0.3 is 5.97 Å². The molecular weight excluding hydrogens is 434 g/mol. The summed E-state index contributed by atoms with van der Waals surface area (Å²) in [5.41, 5.74) is 9.32. The van der Waals surface area contributed by atoms with Gasteiger partial charge in [-0.15, -0.1) is 0 Å². The van der Waals surface area contributed by atoms with Crippen molar-refractivity contribution in [2.24, 2.45) is 0 Å². The molecule has 0 saturated heterocycles. The van der Waals surface area contributed by atoms with E-state index < -0.39 is 5.97 Å². The largest absolute Gasteiger partial charge is 0.495 e. The van der Waals surface area contributed by atoms with Crippen LogP contribution in [0.4, 0.5) is 17.6 Å². The van der Waals surface area contributed by atoms with Crippen molar-refractivity contribution in [1.29, 1.82) is 0 Å². The van der Waals surface area contributed by atoms with Gasteiger partial charge in [-0.25, -0.2) is 4.79 Å². The zero-order valence-corrected chi connectivity index (χ0v) is 19.1. The van der Waals surface area contributed by atoms with Gasteiger partial charge in [0.2, 0.25) is 11.9 Å². The lowest BCUT2D eigenvalue weighted by molar-refractivity contribution is 0.0460. The summed E-state index contributed by atoms with van der Waals surface area (Å²) >= 11 is 0. The van der Waals surface area contributed by atoms with Crippen molar-refractivity contribution in [2.75, 3.05) is 18.2 Å². The molecule has 0 amide bonds. The number of anilines is 3. The Morgan fingerprint density at radius 2 is 1.76 bits per heavy atom. The van der Waals surface area contributed by atoms with E-state index in [0.29, 0.717) is 29.2 Å². The molecule has 3 N–H and O–H groups in total. The van der Waals surface area contributed by atoms with Crippen LogP contribution < -0.4 is 15.8 Å². The first-order chi connectivity index (χ1) is 16.4. The van der Waals surface area contributed by atoms with Gasteiger partial charge in [0.25, 0.3) is 0 Å². The molecule has 0 radical (unpaired) electrons. The van der Waals surface area contributed by atoms with Gasteiger partial charge < -0.3 is 20.5 Å². The Morgan fingerprint density at radius 3 is 2.53 bits per heavy atom. The lowest BCUT2D eigenvalue weighted by Gasteiger charge is -2.11. The SMILES string of the molecule is COc1ccccc1Nc1nc(N)nc(COC(=O)c2c(C)nn(Cc3ccccc3)c2C)n1. The Morgan fingerprint density at radius 1 is 1.03 bits per heavy atom. The van der Waals surface area contributed by atoms with Crippen LogP contribution in [-0.2, 0) is 17.9 Å². The summed E-state index contributed by atoms with van der Waals surface area (Å²) in [6.07, 6.45) is 0. The first-order valence-electron chi connectivity index (χ1n) is 10.6. The van der Waals surface area contributed by atoms with E-state index in [0.717, 1.165) is 11.3 Å². The third-order valence-corrected chi connectivity index (χ3v) is 5.15. The topological polar surface area (TPSA) is 130 Å². The number of methoxy groups -OCH3 is 1. The molecule has 10 heteroatoms. The molecule has 34 heavy (non-hydrogen) atoms. The minimum atomic E-state index is -0.507. The van der Waals surface area contributed by atoms with Crippen LogP contribution in [-0.4, -0.2) is 37.8 Å². The van der Waals surface area contributed by atoms with Crippen LogP contribution in [0.25, 0.3) is 0 Å². The van der Waals surface area contributed by atoms with Crippen LogP contribution in [0.15, 0.2) is 54.6 Å². The van der Waals surface area contributed by atoms with Gasteiger partial charge in [-0.3, -0.25) is 4.68 Å². The Kier molecular flexibility index (Phi) is 6.67. The summed E-state index contributed by atoms with van der Waals surface area (Å²) in [6.45, 7) is 4.01. The number of nitrogen functional groups attached to an aromatic ring is 1. The molecule has 0 fully saturated rings. The summed E-state index contributed by atoms with van der Waals surface area (Å²) < 4.78 is 12.6. The number of carbonyl (C=O) groups excluding carboxylic acids is 1. The number of nitrogens with two attached hydrogens (primary N) is 1.